The van der Waals surface area contributed by atoms with Crippen LogP contribution in [0, 0.1) is 0 Å². The molecule has 7 nitrogen and oxygen atoms in total. The second kappa shape index (κ2) is 9.48. The fourth-order valence-electron chi connectivity index (χ4n) is 2.76. The molecular weight excluding hydrogens is 378 g/mol. The summed E-state index contributed by atoms with van der Waals surface area (Å²) in [6.45, 7) is 4.47. The monoisotopic (exact) mass is 403 g/mol. The van der Waals surface area contributed by atoms with E-state index in [0.29, 0.717) is 18.7 Å². The third-order valence-electron chi connectivity index (χ3n) is 4.31. The molecule has 0 fully saturated rings. The van der Waals surface area contributed by atoms with Crippen molar-refractivity contribution in [3.63, 3.8) is 0 Å². The van der Waals surface area contributed by atoms with Gasteiger partial charge in [-0.15, -0.1) is 0 Å². The number of nitrogens with one attached hydrogen (secondary N) is 2. The normalized spacial score (nSPS) is 11.3. The second-order valence-electron chi connectivity index (χ2n) is 6.08. The summed E-state index contributed by atoms with van der Waals surface area (Å²) < 4.78 is 26.6. The fourth-order valence-corrected chi connectivity index (χ4v) is 4.27. The van der Waals surface area contributed by atoms with Crippen LogP contribution in [0.2, 0.25) is 0 Å². The molecule has 8 heteroatoms. The van der Waals surface area contributed by atoms with Crippen LogP contribution in [-0.2, 0) is 16.6 Å². The fraction of sp³-hybridized carbons (Fsp3) is 0.300. The topological polar surface area (TPSA) is 95.6 Å². The van der Waals surface area contributed by atoms with E-state index in [2.05, 4.69) is 10.6 Å². The SMILES string of the molecule is CCN(CC)S(=O)(=O)c1cccc(C(=O)NCc2cccc(C(=O)NC)c2)c1. The highest BCUT2D eigenvalue weighted by Gasteiger charge is 2.22. The van der Waals surface area contributed by atoms with Gasteiger partial charge in [0.05, 0.1) is 4.90 Å². The number of hydrogen-bond donors (Lipinski definition) is 2. The van der Waals surface area contributed by atoms with Crippen molar-refractivity contribution in [2.24, 2.45) is 0 Å². The number of sulfonamides is 1. The molecule has 0 spiro atoms. The van der Waals surface area contributed by atoms with Crippen LogP contribution < -0.4 is 10.6 Å². The van der Waals surface area contributed by atoms with Crippen molar-refractivity contribution in [2.45, 2.75) is 25.3 Å². The molecule has 28 heavy (non-hydrogen) atoms. The van der Waals surface area contributed by atoms with Gasteiger partial charge in [-0.2, -0.15) is 4.31 Å². The zero-order valence-corrected chi connectivity index (χ0v) is 17.0. The van der Waals surface area contributed by atoms with Gasteiger partial charge in [0, 0.05) is 37.8 Å². The van der Waals surface area contributed by atoms with E-state index in [4.69, 9.17) is 0 Å². The number of nitrogens with zero attached hydrogens (tertiary/aromatic N) is 1. The first kappa shape index (κ1) is 21.6. The summed E-state index contributed by atoms with van der Waals surface area (Å²) in [6.07, 6.45) is 0. The summed E-state index contributed by atoms with van der Waals surface area (Å²) in [7, 11) is -2.08. The third kappa shape index (κ3) is 4.96. The van der Waals surface area contributed by atoms with Crippen LogP contribution in [0.4, 0.5) is 0 Å². The van der Waals surface area contributed by atoms with Crippen LogP contribution in [0.25, 0.3) is 0 Å². The number of rotatable bonds is 8. The maximum atomic E-state index is 12.6. The smallest absolute Gasteiger partial charge is 0.251 e. The van der Waals surface area contributed by atoms with Gasteiger partial charge >= 0.3 is 0 Å². The number of carbonyl (C=O) groups is 2. The number of carbonyl (C=O) groups excluding carboxylic acids is 2. The Balaban J connectivity index is 2.15. The van der Waals surface area contributed by atoms with Crippen molar-refractivity contribution in [1.82, 2.24) is 14.9 Å². The highest BCUT2D eigenvalue weighted by molar-refractivity contribution is 7.89. The Hall–Kier alpha value is -2.71. The predicted molar refractivity (Wildman–Crippen MR) is 108 cm³/mol. The lowest BCUT2D eigenvalue weighted by atomic mass is 10.1. The third-order valence-corrected chi connectivity index (χ3v) is 6.35. The number of amides is 2. The average Bonchev–Trinajstić information content (AvgIpc) is 2.72. The largest absolute Gasteiger partial charge is 0.355 e. The van der Waals surface area contributed by atoms with E-state index in [1.165, 1.54) is 16.4 Å². The Bertz CT molecular complexity index is 953. The molecule has 0 radical (unpaired) electrons. The Morgan fingerprint density at radius 2 is 1.54 bits per heavy atom. The van der Waals surface area contributed by atoms with Crippen molar-refractivity contribution < 1.29 is 18.0 Å². The van der Waals surface area contributed by atoms with Crippen molar-refractivity contribution in [2.75, 3.05) is 20.1 Å². The second-order valence-corrected chi connectivity index (χ2v) is 8.02. The van der Waals surface area contributed by atoms with Gasteiger partial charge in [-0.3, -0.25) is 9.59 Å². The quantitative estimate of drug-likeness (QED) is 0.705. The molecule has 0 aromatic heterocycles. The first-order valence-corrected chi connectivity index (χ1v) is 10.5. The molecule has 2 aromatic carbocycles. The van der Waals surface area contributed by atoms with E-state index in [1.807, 2.05) is 0 Å². The van der Waals surface area contributed by atoms with E-state index in [1.54, 1.807) is 57.3 Å². The zero-order valence-electron chi connectivity index (χ0n) is 16.2. The summed E-state index contributed by atoms with van der Waals surface area (Å²) in [5.41, 5.74) is 1.53. The Labute approximate surface area is 165 Å². The first-order valence-electron chi connectivity index (χ1n) is 9.02. The summed E-state index contributed by atoms with van der Waals surface area (Å²) in [5.74, 6) is -0.593. The molecule has 0 aliphatic rings. The van der Waals surface area contributed by atoms with E-state index in [0.717, 1.165) is 5.56 Å². The maximum Gasteiger partial charge on any atom is 0.251 e. The van der Waals surface area contributed by atoms with Crippen molar-refractivity contribution >= 4 is 21.8 Å². The van der Waals surface area contributed by atoms with Crippen LogP contribution in [0.5, 0.6) is 0 Å². The molecule has 0 aliphatic heterocycles. The minimum absolute atomic E-state index is 0.0884. The van der Waals surface area contributed by atoms with E-state index in [9.17, 15) is 18.0 Å². The Morgan fingerprint density at radius 3 is 2.14 bits per heavy atom. The highest BCUT2D eigenvalue weighted by Crippen LogP contribution is 2.17. The van der Waals surface area contributed by atoms with Gasteiger partial charge in [-0.05, 0) is 35.9 Å². The molecule has 0 saturated heterocycles. The van der Waals surface area contributed by atoms with Crippen LogP contribution in [0.1, 0.15) is 40.1 Å². The number of hydrogen-bond acceptors (Lipinski definition) is 4. The molecule has 2 rings (SSSR count). The molecule has 0 bridgehead atoms. The maximum absolute atomic E-state index is 12.6. The number of benzene rings is 2. The van der Waals surface area contributed by atoms with Crippen LogP contribution in [0.15, 0.2) is 53.4 Å². The molecule has 2 aromatic rings. The molecule has 2 N–H and O–H groups in total. The van der Waals surface area contributed by atoms with Gasteiger partial charge in [0.1, 0.15) is 0 Å². The Morgan fingerprint density at radius 1 is 0.929 bits per heavy atom. The summed E-state index contributed by atoms with van der Waals surface area (Å²) in [4.78, 5) is 24.3. The van der Waals surface area contributed by atoms with Gasteiger partial charge < -0.3 is 10.6 Å². The molecule has 0 heterocycles. The van der Waals surface area contributed by atoms with Crippen LogP contribution in [-0.4, -0.2) is 44.7 Å². The van der Waals surface area contributed by atoms with Gasteiger partial charge in [0.2, 0.25) is 10.0 Å². The predicted octanol–water partition coefficient (Wildman–Crippen LogP) is 2.01. The lowest BCUT2D eigenvalue weighted by molar-refractivity contribution is 0.0948. The Kier molecular flexibility index (Phi) is 7.31. The summed E-state index contributed by atoms with van der Waals surface area (Å²) in [5, 5.41) is 5.31. The molecule has 0 unspecified atom stereocenters. The zero-order chi connectivity index (χ0) is 20.7. The molecule has 150 valence electrons. The molecule has 0 atom stereocenters. The van der Waals surface area contributed by atoms with Crippen LogP contribution in [0.3, 0.4) is 0 Å². The molecule has 0 aliphatic carbocycles. The van der Waals surface area contributed by atoms with Gasteiger partial charge in [-0.1, -0.05) is 32.0 Å². The summed E-state index contributed by atoms with van der Waals surface area (Å²) >= 11 is 0. The lowest BCUT2D eigenvalue weighted by Gasteiger charge is -2.18. The van der Waals surface area contributed by atoms with Gasteiger partial charge in [-0.25, -0.2) is 8.42 Å². The van der Waals surface area contributed by atoms with E-state index < -0.39 is 10.0 Å². The minimum atomic E-state index is -3.63. The molecular formula is C20H25N3O4S. The minimum Gasteiger partial charge on any atom is -0.355 e. The van der Waals surface area contributed by atoms with Crippen molar-refractivity contribution in [3.05, 3.63) is 65.2 Å². The van der Waals surface area contributed by atoms with Gasteiger partial charge in [0.25, 0.3) is 11.8 Å². The van der Waals surface area contributed by atoms with Gasteiger partial charge in [0.15, 0.2) is 0 Å². The van der Waals surface area contributed by atoms with E-state index >= 15 is 0 Å². The standard InChI is InChI=1S/C20H25N3O4S/c1-4-23(5-2)28(26,27)18-11-7-10-17(13-18)20(25)22-14-15-8-6-9-16(12-15)19(24)21-3/h6-13H,4-5,14H2,1-3H3,(H,21,24)(H,22,25). The summed E-state index contributed by atoms with van der Waals surface area (Å²) in [6, 6.07) is 12.9. The van der Waals surface area contributed by atoms with Crippen molar-refractivity contribution in [1.29, 1.82) is 0 Å². The first-order chi connectivity index (χ1) is 13.3. The highest BCUT2D eigenvalue weighted by atomic mass is 32.2. The van der Waals surface area contributed by atoms with E-state index in [-0.39, 0.29) is 28.8 Å². The lowest BCUT2D eigenvalue weighted by Crippen LogP contribution is -2.31. The average molecular weight is 404 g/mol. The molecule has 0 saturated carbocycles. The van der Waals surface area contributed by atoms with Crippen LogP contribution >= 0.6 is 0 Å². The molecule has 2 amide bonds. The van der Waals surface area contributed by atoms with Crippen molar-refractivity contribution in [3.8, 4) is 0 Å².